The van der Waals surface area contributed by atoms with Gasteiger partial charge in [0.2, 0.25) is 0 Å². The van der Waals surface area contributed by atoms with Crippen molar-refractivity contribution in [3.05, 3.63) is 29.0 Å². The Kier molecular flexibility index (Phi) is 4.42. The fraction of sp³-hybridized carbons (Fsp3) is 0.286. The van der Waals surface area contributed by atoms with Gasteiger partial charge in [0.25, 0.3) is 0 Å². The van der Waals surface area contributed by atoms with Crippen molar-refractivity contribution in [2.24, 2.45) is 0 Å². The Hall–Kier alpha value is -0.310. The van der Waals surface area contributed by atoms with Gasteiger partial charge in [0.05, 0.1) is 0 Å². The summed E-state index contributed by atoms with van der Waals surface area (Å²) in [6.45, 7) is 2.02. The fourth-order valence-electron chi connectivity index (χ4n) is 0.679. The molecule has 1 atom stereocenters. The van der Waals surface area contributed by atoms with Crippen LogP contribution >= 0.6 is 11.6 Å². The van der Waals surface area contributed by atoms with E-state index in [2.05, 4.69) is 10.7 Å². The van der Waals surface area contributed by atoms with Crippen molar-refractivity contribution in [1.29, 1.82) is 0 Å². The molecule has 0 bridgehead atoms. The summed E-state index contributed by atoms with van der Waals surface area (Å²) in [6, 6.07) is 4.00. The van der Waals surface area contributed by atoms with E-state index in [-0.39, 0.29) is 18.4 Å². The zero-order valence-corrected chi connectivity index (χ0v) is 7.73. The van der Waals surface area contributed by atoms with E-state index in [0.29, 0.717) is 5.15 Å². The van der Waals surface area contributed by atoms with Gasteiger partial charge in [-0.05, 0) is 19.1 Å². The second kappa shape index (κ2) is 4.54. The highest BCUT2D eigenvalue weighted by molar-refractivity contribution is 6.29. The quantitative estimate of drug-likeness (QED) is 0.517. The maximum atomic E-state index is 5.58. The molecule has 0 aliphatic heterocycles. The average molecular weight is 193 g/mol. The van der Waals surface area contributed by atoms with Crippen molar-refractivity contribution in [3.63, 3.8) is 0 Å². The molecule has 1 aromatic heterocycles. The molecule has 0 unspecified atom stereocenters. The van der Waals surface area contributed by atoms with E-state index in [1.807, 2.05) is 13.0 Å². The minimum absolute atomic E-state index is 0. The molecular formula is C7H10Cl2N2. The van der Waals surface area contributed by atoms with Crippen LogP contribution in [0.4, 0.5) is 0 Å². The molecule has 1 rings (SSSR count). The van der Waals surface area contributed by atoms with Gasteiger partial charge in [-0.1, -0.05) is 11.6 Å². The zero-order chi connectivity index (χ0) is 7.56. The lowest BCUT2D eigenvalue weighted by Crippen LogP contribution is -3.00. The molecule has 62 valence electrons. The largest absolute Gasteiger partial charge is 1.00 e. The first-order chi connectivity index (χ1) is 4.70. The average Bonchev–Trinajstić information content (AvgIpc) is 1.88. The van der Waals surface area contributed by atoms with E-state index in [4.69, 9.17) is 11.6 Å². The van der Waals surface area contributed by atoms with Crippen LogP contribution in [0.25, 0.3) is 0 Å². The second-order valence-corrected chi connectivity index (χ2v) is 2.70. The Morgan fingerprint density at radius 3 is 2.55 bits per heavy atom. The summed E-state index contributed by atoms with van der Waals surface area (Å²) < 4.78 is 0. The van der Waals surface area contributed by atoms with Crippen LogP contribution in [-0.4, -0.2) is 4.98 Å². The molecule has 2 nitrogen and oxygen atoms in total. The molecule has 0 radical (unpaired) electrons. The highest BCUT2D eigenvalue weighted by Gasteiger charge is 2.00. The Bertz CT molecular complexity index is 208. The van der Waals surface area contributed by atoms with Gasteiger partial charge in [-0.25, -0.2) is 4.98 Å². The fourth-order valence-corrected chi connectivity index (χ4v) is 0.791. The summed E-state index contributed by atoms with van der Waals surface area (Å²) in [5, 5.41) is 0.532. The molecule has 1 aromatic rings. The summed E-state index contributed by atoms with van der Waals surface area (Å²) >= 11 is 5.58. The van der Waals surface area contributed by atoms with Crippen LogP contribution in [-0.2, 0) is 0 Å². The molecule has 11 heavy (non-hydrogen) atoms. The van der Waals surface area contributed by atoms with E-state index in [1.54, 1.807) is 12.3 Å². The van der Waals surface area contributed by atoms with Crippen molar-refractivity contribution >= 4 is 11.6 Å². The Balaban J connectivity index is 0.000001000. The van der Waals surface area contributed by atoms with Crippen LogP contribution in [0.15, 0.2) is 18.3 Å². The third-order valence-corrected chi connectivity index (χ3v) is 1.54. The van der Waals surface area contributed by atoms with Crippen molar-refractivity contribution in [3.8, 4) is 0 Å². The first-order valence-corrected chi connectivity index (χ1v) is 3.52. The molecule has 0 fully saturated rings. The third-order valence-electron chi connectivity index (χ3n) is 1.32. The normalized spacial score (nSPS) is 11.9. The number of nitrogens with zero attached hydrogens (tertiary/aromatic N) is 1. The van der Waals surface area contributed by atoms with Crippen LogP contribution < -0.4 is 18.1 Å². The molecule has 0 aliphatic rings. The van der Waals surface area contributed by atoms with Gasteiger partial charge in [0.15, 0.2) is 0 Å². The first-order valence-electron chi connectivity index (χ1n) is 3.14. The molecule has 0 spiro atoms. The minimum Gasteiger partial charge on any atom is -1.00 e. The predicted octanol–water partition coefficient (Wildman–Crippen LogP) is -1.96. The number of pyridine rings is 1. The van der Waals surface area contributed by atoms with Crippen LogP contribution in [0.5, 0.6) is 0 Å². The lowest BCUT2D eigenvalue weighted by atomic mass is 10.2. The number of aromatic nitrogens is 1. The van der Waals surface area contributed by atoms with Crippen molar-refractivity contribution in [2.45, 2.75) is 13.0 Å². The standard InChI is InChI=1S/C7H9ClN2.ClH/c1-5(9)6-2-3-7(8)10-4-6;/h2-5H,9H2,1H3;1H/t5-;/m1./s1. The van der Waals surface area contributed by atoms with Gasteiger partial charge in [0, 0.05) is 11.8 Å². The number of quaternary nitrogens is 1. The molecule has 0 aliphatic carbocycles. The molecular weight excluding hydrogens is 183 g/mol. The van der Waals surface area contributed by atoms with Crippen LogP contribution in [0, 0.1) is 0 Å². The van der Waals surface area contributed by atoms with Crippen molar-refractivity contribution < 1.29 is 18.1 Å². The SMILES string of the molecule is C[C@@H]([NH3+])c1ccc(Cl)nc1.[Cl-]. The summed E-state index contributed by atoms with van der Waals surface area (Å²) in [5.41, 5.74) is 4.97. The monoisotopic (exact) mass is 192 g/mol. The lowest BCUT2D eigenvalue weighted by Gasteiger charge is -1.99. The Labute approximate surface area is 77.2 Å². The number of hydrogen-bond acceptors (Lipinski definition) is 1. The Morgan fingerprint density at radius 2 is 2.18 bits per heavy atom. The van der Waals surface area contributed by atoms with E-state index in [0.717, 1.165) is 5.56 Å². The molecule has 1 heterocycles. The first kappa shape index (κ1) is 10.7. The van der Waals surface area contributed by atoms with Gasteiger partial charge in [0.1, 0.15) is 11.2 Å². The highest BCUT2D eigenvalue weighted by atomic mass is 35.5. The van der Waals surface area contributed by atoms with Crippen LogP contribution in [0.3, 0.4) is 0 Å². The van der Waals surface area contributed by atoms with Crippen molar-refractivity contribution in [2.75, 3.05) is 0 Å². The second-order valence-electron chi connectivity index (χ2n) is 2.32. The molecule has 0 aromatic carbocycles. The predicted molar refractivity (Wildman–Crippen MR) is 40.6 cm³/mol. The van der Waals surface area contributed by atoms with E-state index >= 15 is 0 Å². The highest BCUT2D eigenvalue weighted by Crippen LogP contribution is 2.08. The van der Waals surface area contributed by atoms with E-state index in [9.17, 15) is 0 Å². The van der Waals surface area contributed by atoms with Crippen LogP contribution in [0.1, 0.15) is 18.5 Å². The summed E-state index contributed by atoms with van der Waals surface area (Å²) in [5.74, 6) is 0. The van der Waals surface area contributed by atoms with Crippen LogP contribution in [0.2, 0.25) is 5.15 Å². The summed E-state index contributed by atoms with van der Waals surface area (Å²) in [4.78, 5) is 3.93. The number of rotatable bonds is 1. The van der Waals surface area contributed by atoms with E-state index in [1.165, 1.54) is 0 Å². The van der Waals surface area contributed by atoms with Gasteiger partial charge in [-0.15, -0.1) is 0 Å². The number of halogens is 2. The maximum absolute atomic E-state index is 5.58. The summed E-state index contributed by atoms with van der Waals surface area (Å²) in [6.07, 6.45) is 1.75. The molecule has 0 saturated heterocycles. The lowest BCUT2D eigenvalue weighted by molar-refractivity contribution is -0.420. The molecule has 4 heteroatoms. The van der Waals surface area contributed by atoms with Gasteiger partial charge in [-0.2, -0.15) is 0 Å². The van der Waals surface area contributed by atoms with Crippen molar-refractivity contribution in [1.82, 2.24) is 4.98 Å². The van der Waals surface area contributed by atoms with E-state index < -0.39 is 0 Å². The summed E-state index contributed by atoms with van der Waals surface area (Å²) in [7, 11) is 0. The van der Waals surface area contributed by atoms with Gasteiger partial charge >= 0.3 is 0 Å². The minimum atomic E-state index is 0. The zero-order valence-electron chi connectivity index (χ0n) is 6.22. The smallest absolute Gasteiger partial charge is 0.129 e. The topological polar surface area (TPSA) is 40.5 Å². The third kappa shape index (κ3) is 3.06. The molecule has 0 saturated carbocycles. The maximum Gasteiger partial charge on any atom is 0.129 e. The molecule has 3 N–H and O–H groups in total. The van der Waals surface area contributed by atoms with Gasteiger partial charge in [-0.3, -0.25) is 0 Å². The molecule has 0 amide bonds. The Morgan fingerprint density at radius 1 is 1.55 bits per heavy atom. The number of hydrogen-bond donors (Lipinski definition) is 1. The van der Waals surface area contributed by atoms with Gasteiger partial charge < -0.3 is 18.1 Å².